The van der Waals surface area contributed by atoms with Gasteiger partial charge < -0.3 is 5.32 Å². The van der Waals surface area contributed by atoms with Gasteiger partial charge in [-0.25, -0.2) is 9.97 Å². The van der Waals surface area contributed by atoms with Crippen LogP contribution in [-0.2, 0) is 6.18 Å². The zero-order chi connectivity index (χ0) is 16.6. The van der Waals surface area contributed by atoms with E-state index in [-0.39, 0.29) is 22.6 Å². The van der Waals surface area contributed by atoms with E-state index >= 15 is 0 Å². The Bertz CT molecular complexity index is 827. The van der Waals surface area contributed by atoms with Gasteiger partial charge in [0.05, 0.1) is 16.8 Å². The van der Waals surface area contributed by atoms with E-state index in [1.165, 1.54) is 18.3 Å². The van der Waals surface area contributed by atoms with E-state index < -0.39 is 23.3 Å². The van der Waals surface area contributed by atoms with E-state index in [2.05, 4.69) is 15.3 Å². The number of rotatable bonds is 2. The highest BCUT2D eigenvalue weighted by Crippen LogP contribution is 2.30. The number of hydrogen-bond acceptors (Lipinski definition) is 5. The first-order chi connectivity index (χ1) is 10.9. The number of ketones is 2. The zero-order valence-electron chi connectivity index (χ0n) is 11.4. The normalized spacial score (nSPS) is 14.3. The maximum atomic E-state index is 12.5. The van der Waals surface area contributed by atoms with Gasteiger partial charge in [-0.1, -0.05) is 0 Å². The Balaban J connectivity index is 1.87. The molecule has 0 bridgehead atoms. The van der Waals surface area contributed by atoms with Gasteiger partial charge in [0, 0.05) is 18.0 Å². The molecule has 1 aliphatic carbocycles. The molecule has 2 aromatic rings. The number of anilines is 1. The molecule has 1 N–H and O–H groups in total. The van der Waals surface area contributed by atoms with Gasteiger partial charge in [-0.15, -0.1) is 0 Å². The fourth-order valence-corrected chi connectivity index (χ4v) is 2.09. The summed E-state index contributed by atoms with van der Waals surface area (Å²) in [6.45, 7) is 0. The van der Waals surface area contributed by atoms with Crippen LogP contribution in [0.2, 0.25) is 0 Å². The average molecular weight is 319 g/mol. The zero-order valence-corrected chi connectivity index (χ0v) is 11.4. The molecule has 0 fully saturated rings. The van der Waals surface area contributed by atoms with Crippen molar-refractivity contribution in [3.63, 3.8) is 0 Å². The monoisotopic (exact) mass is 319 g/mol. The Hall–Kier alpha value is -3.03. The summed E-state index contributed by atoms with van der Waals surface area (Å²) in [5.74, 6) is -0.975. The number of carbonyl (C=O) groups is 2. The summed E-state index contributed by atoms with van der Waals surface area (Å²) in [6, 6.07) is 4.13. The molecule has 23 heavy (non-hydrogen) atoms. The van der Waals surface area contributed by atoms with Crippen molar-refractivity contribution in [1.29, 1.82) is 0 Å². The Kier molecular flexibility index (Phi) is 3.44. The number of fused-ring (bicyclic) bond motifs is 1. The van der Waals surface area contributed by atoms with E-state index in [0.29, 0.717) is 0 Å². The van der Waals surface area contributed by atoms with Crippen LogP contribution in [-0.4, -0.2) is 21.5 Å². The summed E-state index contributed by atoms with van der Waals surface area (Å²) >= 11 is 0. The van der Waals surface area contributed by atoms with Crippen LogP contribution in [0.4, 0.5) is 18.9 Å². The lowest BCUT2D eigenvalue weighted by Gasteiger charge is -2.15. The lowest BCUT2D eigenvalue weighted by Crippen LogP contribution is -2.22. The van der Waals surface area contributed by atoms with Crippen LogP contribution in [0.15, 0.2) is 48.6 Å². The van der Waals surface area contributed by atoms with Gasteiger partial charge in [-0.05, 0) is 24.3 Å². The van der Waals surface area contributed by atoms with E-state index in [1.54, 1.807) is 0 Å². The number of halogens is 3. The molecule has 1 aromatic carbocycles. The highest BCUT2D eigenvalue weighted by atomic mass is 19.4. The summed E-state index contributed by atoms with van der Waals surface area (Å²) in [5.41, 5.74) is -0.540. The molecule has 0 atom stereocenters. The molecular formula is C15H8F3N3O2. The number of benzene rings is 1. The second kappa shape index (κ2) is 5.31. The summed E-state index contributed by atoms with van der Waals surface area (Å²) in [7, 11) is 0. The molecule has 0 saturated heterocycles. The van der Waals surface area contributed by atoms with Crippen molar-refractivity contribution in [2.45, 2.75) is 6.18 Å². The summed E-state index contributed by atoms with van der Waals surface area (Å²) in [5, 5.41) is 2.65. The highest BCUT2D eigenvalue weighted by Gasteiger charge is 2.30. The first-order valence-electron chi connectivity index (χ1n) is 6.41. The van der Waals surface area contributed by atoms with Crippen molar-refractivity contribution in [2.75, 3.05) is 5.32 Å². The van der Waals surface area contributed by atoms with E-state index in [1.807, 2.05) is 0 Å². The first-order valence-corrected chi connectivity index (χ1v) is 6.41. The second-order valence-electron chi connectivity index (χ2n) is 4.74. The Labute approximate surface area is 127 Å². The minimum absolute atomic E-state index is 0.00275. The predicted molar refractivity (Wildman–Crippen MR) is 73.8 cm³/mol. The van der Waals surface area contributed by atoms with E-state index in [9.17, 15) is 22.8 Å². The first kappa shape index (κ1) is 14.9. The quantitative estimate of drug-likeness (QED) is 0.921. The summed E-state index contributed by atoms with van der Waals surface area (Å²) in [6.07, 6.45) is -0.990. The van der Waals surface area contributed by atoms with Crippen LogP contribution >= 0.6 is 0 Å². The molecule has 0 saturated carbocycles. The van der Waals surface area contributed by atoms with Gasteiger partial charge in [-0.3, -0.25) is 9.59 Å². The van der Waals surface area contributed by atoms with E-state index in [0.717, 1.165) is 24.5 Å². The molecule has 5 nitrogen and oxygen atoms in total. The van der Waals surface area contributed by atoms with Gasteiger partial charge in [0.2, 0.25) is 11.6 Å². The molecule has 8 heteroatoms. The van der Waals surface area contributed by atoms with Gasteiger partial charge in [-0.2, -0.15) is 13.2 Å². The molecule has 0 spiro atoms. The lowest BCUT2D eigenvalue weighted by molar-refractivity contribution is -0.137. The van der Waals surface area contributed by atoms with Crippen molar-refractivity contribution < 1.29 is 22.8 Å². The number of aromatic nitrogens is 2. The van der Waals surface area contributed by atoms with Gasteiger partial charge >= 0.3 is 6.18 Å². The number of hydrogen-bond donors (Lipinski definition) is 1. The number of Topliss-reactive ketones (excluding diaryl/α,β-unsaturated/α-hetero) is 1. The number of allylic oxidation sites excluding steroid dienone is 2. The fraction of sp³-hybridized carbons (Fsp3) is 0.0667. The second-order valence-corrected chi connectivity index (χ2v) is 4.74. The molecule has 1 heterocycles. The molecule has 0 aliphatic heterocycles. The molecule has 0 radical (unpaired) electrons. The lowest BCUT2D eigenvalue weighted by atomic mass is 9.98. The van der Waals surface area contributed by atoms with Crippen LogP contribution in [0, 0.1) is 0 Å². The van der Waals surface area contributed by atoms with Crippen molar-refractivity contribution in [2.24, 2.45) is 0 Å². The van der Waals surface area contributed by atoms with Gasteiger partial charge in [0.25, 0.3) is 0 Å². The summed E-state index contributed by atoms with van der Waals surface area (Å²) < 4.78 is 37.5. The number of nitrogens with zero attached hydrogens (tertiary/aromatic N) is 2. The Morgan fingerprint density at radius 3 is 2.39 bits per heavy atom. The Morgan fingerprint density at radius 1 is 1.04 bits per heavy atom. The van der Waals surface area contributed by atoms with Crippen molar-refractivity contribution >= 4 is 17.3 Å². The topological polar surface area (TPSA) is 72.0 Å². The number of alkyl halides is 3. The third-order valence-corrected chi connectivity index (χ3v) is 3.20. The standard InChI is InChI=1S/C15H8F3N3O2/c16-15(17,18)8-1-3-9(4-2-8)21-11-5-12(22)13-10(14(11)23)6-19-7-20-13/h1-7,21H. The fourth-order valence-electron chi connectivity index (χ4n) is 2.09. The minimum atomic E-state index is -4.44. The molecule has 0 unspecified atom stereocenters. The molecular weight excluding hydrogens is 311 g/mol. The third-order valence-electron chi connectivity index (χ3n) is 3.20. The average Bonchev–Trinajstić information content (AvgIpc) is 2.52. The van der Waals surface area contributed by atoms with Crippen LogP contribution in [0.5, 0.6) is 0 Å². The van der Waals surface area contributed by atoms with Gasteiger partial charge in [0.15, 0.2) is 0 Å². The number of carbonyl (C=O) groups excluding carboxylic acids is 2. The Morgan fingerprint density at radius 2 is 1.74 bits per heavy atom. The smallest absolute Gasteiger partial charge is 0.352 e. The molecule has 3 rings (SSSR count). The molecule has 1 aromatic heterocycles. The van der Waals surface area contributed by atoms with E-state index in [4.69, 9.17) is 0 Å². The van der Waals surface area contributed by atoms with Crippen LogP contribution in [0.3, 0.4) is 0 Å². The van der Waals surface area contributed by atoms with Gasteiger partial charge in [0.1, 0.15) is 12.0 Å². The van der Waals surface area contributed by atoms with Crippen molar-refractivity contribution in [1.82, 2.24) is 9.97 Å². The maximum Gasteiger partial charge on any atom is 0.416 e. The predicted octanol–water partition coefficient (Wildman–Crippen LogP) is 2.87. The van der Waals surface area contributed by atoms with Crippen molar-refractivity contribution in [3.05, 3.63) is 65.4 Å². The molecule has 0 amide bonds. The minimum Gasteiger partial charge on any atom is -0.352 e. The molecule has 1 aliphatic rings. The SMILES string of the molecule is O=C1C(Nc2ccc(C(F)(F)F)cc2)=CC(=O)c2ncncc21. The highest BCUT2D eigenvalue weighted by molar-refractivity contribution is 6.24. The van der Waals surface area contributed by atoms with Crippen LogP contribution in [0.1, 0.15) is 26.4 Å². The molecule has 116 valence electrons. The maximum absolute atomic E-state index is 12.5. The van der Waals surface area contributed by atoms with Crippen LogP contribution in [0.25, 0.3) is 0 Å². The number of nitrogens with one attached hydrogen (secondary N) is 1. The third kappa shape index (κ3) is 2.83. The van der Waals surface area contributed by atoms with Crippen molar-refractivity contribution in [3.8, 4) is 0 Å². The summed E-state index contributed by atoms with van der Waals surface area (Å²) in [4.78, 5) is 31.6. The van der Waals surface area contributed by atoms with Crippen LogP contribution < -0.4 is 5.32 Å². The largest absolute Gasteiger partial charge is 0.416 e.